The van der Waals surface area contributed by atoms with Crippen LogP contribution in [0.4, 0.5) is 23.1 Å². The SMILES string of the molecule is CC(=O)Nc1ccc(Sc2nc(Nc3cc(C)[nH]n3)c(Cl)c(N3CCC(O)CC3)n2)cc1. The highest BCUT2D eigenvalue weighted by atomic mass is 35.5. The van der Waals surface area contributed by atoms with Crippen LogP contribution in [0.25, 0.3) is 0 Å². The number of hydrogen-bond acceptors (Lipinski definition) is 8. The van der Waals surface area contributed by atoms with Gasteiger partial charge in [-0.15, -0.1) is 0 Å². The lowest BCUT2D eigenvalue weighted by atomic mass is 10.1. The number of rotatable bonds is 6. The Balaban J connectivity index is 1.63. The summed E-state index contributed by atoms with van der Waals surface area (Å²) in [4.78, 5) is 23.6. The highest BCUT2D eigenvalue weighted by Gasteiger charge is 2.24. The molecule has 0 unspecified atom stereocenters. The van der Waals surface area contributed by atoms with Gasteiger partial charge in [0.1, 0.15) is 5.02 Å². The van der Waals surface area contributed by atoms with Gasteiger partial charge in [-0.1, -0.05) is 11.6 Å². The molecule has 0 saturated carbocycles. The van der Waals surface area contributed by atoms with E-state index in [9.17, 15) is 9.90 Å². The van der Waals surface area contributed by atoms with Crippen molar-refractivity contribution in [3.63, 3.8) is 0 Å². The topological polar surface area (TPSA) is 119 Å². The average molecular weight is 474 g/mol. The smallest absolute Gasteiger partial charge is 0.221 e. The number of aliphatic hydroxyl groups excluding tert-OH is 1. The summed E-state index contributed by atoms with van der Waals surface area (Å²) in [5, 5.41) is 23.8. The summed E-state index contributed by atoms with van der Waals surface area (Å²) in [5.41, 5.74) is 1.64. The Morgan fingerprint density at radius 3 is 2.59 bits per heavy atom. The van der Waals surface area contributed by atoms with Crippen LogP contribution in [-0.4, -0.2) is 50.4 Å². The van der Waals surface area contributed by atoms with Crippen molar-refractivity contribution in [3.8, 4) is 0 Å². The van der Waals surface area contributed by atoms with Crippen LogP contribution in [0.15, 0.2) is 40.4 Å². The van der Waals surface area contributed by atoms with Crippen LogP contribution < -0.4 is 15.5 Å². The summed E-state index contributed by atoms with van der Waals surface area (Å²) < 4.78 is 0. The Bertz CT molecular complexity index is 1100. The van der Waals surface area contributed by atoms with Crippen molar-refractivity contribution in [2.24, 2.45) is 0 Å². The molecule has 4 N–H and O–H groups in total. The standard InChI is InChI=1S/C21H24ClN7O2S/c1-12-11-17(28-27-12)24-19-18(22)20(29-9-7-15(31)8-10-29)26-21(25-19)32-16-5-3-14(4-6-16)23-13(2)30/h3-6,11,15,31H,7-10H2,1-2H3,(H,23,30)(H2,24,25,26,27,28). The monoisotopic (exact) mass is 473 g/mol. The third-order valence-electron chi connectivity index (χ3n) is 4.91. The van der Waals surface area contributed by atoms with Gasteiger partial charge in [0, 0.05) is 42.4 Å². The molecule has 1 aliphatic rings. The van der Waals surface area contributed by atoms with Gasteiger partial charge in [-0.05, 0) is 55.8 Å². The zero-order valence-corrected chi connectivity index (χ0v) is 19.3. The van der Waals surface area contributed by atoms with Crippen molar-refractivity contribution < 1.29 is 9.90 Å². The lowest BCUT2D eigenvalue weighted by Crippen LogP contribution is -2.36. The van der Waals surface area contributed by atoms with Gasteiger partial charge in [0.25, 0.3) is 0 Å². The Labute approximate surface area is 195 Å². The Kier molecular flexibility index (Phi) is 6.83. The number of halogens is 1. The summed E-state index contributed by atoms with van der Waals surface area (Å²) >= 11 is 8.09. The highest BCUT2D eigenvalue weighted by Crippen LogP contribution is 2.37. The number of amides is 1. The lowest BCUT2D eigenvalue weighted by molar-refractivity contribution is -0.114. The number of carbonyl (C=O) groups excluding carboxylic acids is 1. The van der Waals surface area contributed by atoms with Gasteiger partial charge in [-0.25, -0.2) is 9.97 Å². The number of aliphatic hydroxyl groups is 1. The molecule has 32 heavy (non-hydrogen) atoms. The van der Waals surface area contributed by atoms with Crippen molar-refractivity contribution in [1.82, 2.24) is 20.2 Å². The molecule has 1 amide bonds. The van der Waals surface area contributed by atoms with E-state index in [2.05, 4.69) is 30.7 Å². The van der Waals surface area contributed by atoms with Gasteiger partial charge >= 0.3 is 0 Å². The molecule has 0 radical (unpaired) electrons. The summed E-state index contributed by atoms with van der Waals surface area (Å²) in [7, 11) is 0. The van der Waals surface area contributed by atoms with Gasteiger partial charge in [-0.3, -0.25) is 9.89 Å². The van der Waals surface area contributed by atoms with Crippen LogP contribution in [0.3, 0.4) is 0 Å². The van der Waals surface area contributed by atoms with Crippen LogP contribution >= 0.6 is 23.4 Å². The molecular formula is C21H24ClN7O2S. The maximum atomic E-state index is 11.2. The fraction of sp³-hybridized carbons (Fsp3) is 0.333. The number of piperidine rings is 1. The first kappa shape index (κ1) is 22.4. The molecular weight excluding hydrogens is 450 g/mol. The van der Waals surface area contributed by atoms with Crippen LogP contribution in [0.5, 0.6) is 0 Å². The molecule has 168 valence electrons. The molecule has 9 nitrogen and oxygen atoms in total. The van der Waals surface area contributed by atoms with E-state index in [1.165, 1.54) is 18.7 Å². The van der Waals surface area contributed by atoms with E-state index in [1.54, 1.807) is 0 Å². The first-order chi connectivity index (χ1) is 15.4. The van der Waals surface area contributed by atoms with Gasteiger partial charge in [0.05, 0.1) is 6.10 Å². The Morgan fingerprint density at radius 2 is 1.97 bits per heavy atom. The van der Waals surface area contributed by atoms with Crippen molar-refractivity contribution in [1.29, 1.82) is 0 Å². The highest BCUT2D eigenvalue weighted by molar-refractivity contribution is 7.99. The zero-order chi connectivity index (χ0) is 22.7. The Morgan fingerprint density at radius 1 is 1.25 bits per heavy atom. The summed E-state index contributed by atoms with van der Waals surface area (Å²) in [6.45, 7) is 4.71. The van der Waals surface area contributed by atoms with Gasteiger partial charge in [0.2, 0.25) is 5.91 Å². The first-order valence-electron chi connectivity index (χ1n) is 10.2. The van der Waals surface area contributed by atoms with Crippen molar-refractivity contribution in [2.75, 3.05) is 28.6 Å². The van der Waals surface area contributed by atoms with Crippen molar-refractivity contribution >= 4 is 52.4 Å². The third-order valence-corrected chi connectivity index (χ3v) is 6.13. The van der Waals surface area contributed by atoms with Crippen LogP contribution in [0.2, 0.25) is 5.02 Å². The minimum Gasteiger partial charge on any atom is -0.393 e. The van der Waals surface area contributed by atoms with Crippen molar-refractivity contribution in [3.05, 3.63) is 41.0 Å². The molecule has 0 atom stereocenters. The minimum atomic E-state index is -0.299. The van der Waals surface area contributed by atoms with E-state index in [0.29, 0.717) is 53.6 Å². The number of benzene rings is 1. The second-order valence-corrected chi connectivity index (χ2v) is 9.00. The number of hydrogen-bond donors (Lipinski definition) is 4. The summed E-state index contributed by atoms with van der Waals surface area (Å²) in [5.74, 6) is 1.58. The third kappa shape index (κ3) is 5.50. The second-order valence-electron chi connectivity index (χ2n) is 7.58. The molecule has 4 rings (SSSR count). The maximum Gasteiger partial charge on any atom is 0.221 e. The molecule has 0 bridgehead atoms. The molecule has 0 aliphatic carbocycles. The van der Waals surface area contributed by atoms with E-state index in [-0.39, 0.29) is 12.0 Å². The minimum absolute atomic E-state index is 0.118. The summed E-state index contributed by atoms with van der Waals surface area (Å²) in [6.07, 6.45) is 1.02. The summed E-state index contributed by atoms with van der Waals surface area (Å²) in [6, 6.07) is 9.32. The van der Waals surface area contributed by atoms with E-state index in [0.717, 1.165) is 16.3 Å². The fourth-order valence-corrected chi connectivity index (χ4v) is 4.35. The van der Waals surface area contributed by atoms with Crippen LogP contribution in [-0.2, 0) is 4.79 Å². The molecule has 3 heterocycles. The number of anilines is 4. The largest absolute Gasteiger partial charge is 0.393 e. The number of nitrogens with zero attached hydrogens (tertiary/aromatic N) is 4. The van der Waals surface area contributed by atoms with Crippen molar-refractivity contribution in [2.45, 2.75) is 42.8 Å². The number of nitrogens with one attached hydrogen (secondary N) is 3. The molecule has 3 aromatic rings. The maximum absolute atomic E-state index is 11.2. The van der Waals surface area contributed by atoms with E-state index in [4.69, 9.17) is 16.6 Å². The number of H-pyrrole nitrogens is 1. The first-order valence-corrected chi connectivity index (χ1v) is 11.4. The number of carbonyl (C=O) groups is 1. The molecule has 1 fully saturated rings. The molecule has 2 aromatic heterocycles. The van der Waals surface area contributed by atoms with Gasteiger partial charge in [0.15, 0.2) is 22.6 Å². The second kappa shape index (κ2) is 9.76. The van der Waals surface area contributed by atoms with Gasteiger partial charge < -0.3 is 20.6 Å². The predicted octanol–water partition coefficient (Wildman–Crippen LogP) is 3.98. The average Bonchev–Trinajstić information content (AvgIpc) is 3.16. The molecule has 1 aromatic carbocycles. The van der Waals surface area contributed by atoms with E-state index in [1.807, 2.05) is 37.3 Å². The van der Waals surface area contributed by atoms with E-state index >= 15 is 0 Å². The van der Waals surface area contributed by atoms with E-state index < -0.39 is 0 Å². The molecule has 1 aliphatic heterocycles. The molecule has 11 heteroatoms. The van der Waals surface area contributed by atoms with Gasteiger partial charge in [-0.2, -0.15) is 5.10 Å². The fourth-order valence-electron chi connectivity index (χ4n) is 3.35. The number of aromatic amines is 1. The number of aromatic nitrogens is 4. The predicted molar refractivity (Wildman–Crippen MR) is 126 cm³/mol. The number of aryl methyl sites for hydroxylation is 1. The normalized spacial score (nSPS) is 14.4. The zero-order valence-electron chi connectivity index (χ0n) is 17.7. The molecule has 0 spiro atoms. The molecule has 1 saturated heterocycles. The van der Waals surface area contributed by atoms with Crippen LogP contribution in [0.1, 0.15) is 25.5 Å². The Hall–Kier alpha value is -2.82. The quantitative estimate of drug-likeness (QED) is 0.397. The lowest BCUT2D eigenvalue weighted by Gasteiger charge is -2.31. The van der Waals surface area contributed by atoms with Crippen LogP contribution in [0, 0.1) is 6.92 Å².